The van der Waals surface area contributed by atoms with Crippen molar-refractivity contribution in [3.63, 3.8) is 0 Å². The van der Waals surface area contributed by atoms with Crippen LogP contribution < -0.4 is 0 Å². The Bertz CT molecular complexity index is 6050. The summed E-state index contributed by atoms with van der Waals surface area (Å²) >= 11 is 7.97. The van der Waals surface area contributed by atoms with Gasteiger partial charge >= 0.3 is 0 Å². The van der Waals surface area contributed by atoms with Crippen molar-refractivity contribution in [3.8, 4) is 44.8 Å². The SMILES string of the molecule is Brc1ccc2c(c1)C(CCCCCCCCn1c3ccc(C4c5ccccc5-c5ccccc54)cc3c3cc(-n4c5ccccc5c5ccccc54)ccc31)(CCCCCCCCn1c3ccc(C4c5ccccc5-c5ccccc54)cc3c3cc(-n4c5ccccc5c5ccccc54)ccc31)c1cc(Br)ccc1-2. The van der Waals surface area contributed by atoms with Crippen LogP contribution in [-0.4, -0.2) is 18.3 Å². The van der Waals surface area contributed by atoms with E-state index in [4.69, 9.17) is 0 Å². The van der Waals surface area contributed by atoms with Crippen molar-refractivity contribution in [1.82, 2.24) is 18.3 Å². The number of aryl methyl sites for hydroxylation is 2. The van der Waals surface area contributed by atoms with E-state index in [-0.39, 0.29) is 17.3 Å². The molecule has 4 nitrogen and oxygen atoms in total. The maximum Gasteiger partial charge on any atom is 0.0541 e. The quantitative estimate of drug-likeness (QED) is 0.0603. The minimum Gasteiger partial charge on any atom is -0.340 e. The van der Waals surface area contributed by atoms with E-state index in [2.05, 4.69) is 353 Å². The van der Waals surface area contributed by atoms with Gasteiger partial charge in [-0.1, -0.05) is 290 Å². The van der Waals surface area contributed by atoms with E-state index >= 15 is 0 Å². The Morgan fingerprint density at radius 1 is 0.239 bits per heavy atom. The van der Waals surface area contributed by atoms with Gasteiger partial charge in [0.1, 0.15) is 0 Å². The molecule has 3 aliphatic rings. The van der Waals surface area contributed by atoms with Gasteiger partial charge in [-0.25, -0.2) is 0 Å². The monoisotopic (exact) mass is 1530 g/mol. The molecule has 0 spiro atoms. The van der Waals surface area contributed by atoms with Crippen LogP contribution in [0.5, 0.6) is 0 Å². The molecular formula is C103H84Br2N4. The molecule has 3 aliphatic carbocycles. The zero-order chi connectivity index (χ0) is 72.3. The summed E-state index contributed by atoms with van der Waals surface area (Å²) in [4.78, 5) is 0. The number of hydrogen-bond acceptors (Lipinski definition) is 0. The van der Waals surface area contributed by atoms with Gasteiger partial charge in [-0.05, 0) is 213 Å². The maximum absolute atomic E-state index is 3.99. The fourth-order valence-corrected chi connectivity index (χ4v) is 21.4. The van der Waals surface area contributed by atoms with E-state index < -0.39 is 0 Å². The van der Waals surface area contributed by atoms with Crippen LogP contribution in [0.1, 0.15) is 146 Å². The van der Waals surface area contributed by atoms with E-state index in [1.54, 1.807) is 0 Å². The van der Waals surface area contributed by atoms with Crippen molar-refractivity contribution in [2.45, 2.75) is 120 Å². The molecule has 21 rings (SSSR count). The van der Waals surface area contributed by atoms with Crippen molar-refractivity contribution in [3.05, 3.63) is 357 Å². The second-order valence-corrected chi connectivity index (χ2v) is 33.2. The number of nitrogens with zero attached hydrogens (tertiary/aromatic N) is 4. The van der Waals surface area contributed by atoms with Crippen LogP contribution >= 0.6 is 31.9 Å². The van der Waals surface area contributed by atoms with E-state index in [0.29, 0.717) is 0 Å². The lowest BCUT2D eigenvalue weighted by atomic mass is 9.70. The first-order valence-electron chi connectivity index (χ1n) is 40.0. The third-order valence-electron chi connectivity index (χ3n) is 25.5. The highest BCUT2D eigenvalue weighted by atomic mass is 79.9. The molecule has 0 fully saturated rings. The minimum atomic E-state index is -0.0249. The molecule has 4 aromatic heterocycles. The number of benzene rings is 14. The molecule has 530 valence electrons. The Kier molecular flexibility index (Phi) is 16.7. The molecule has 0 N–H and O–H groups in total. The summed E-state index contributed by atoms with van der Waals surface area (Å²) in [6.07, 6.45) is 16.9. The van der Waals surface area contributed by atoms with Crippen LogP contribution in [0.2, 0.25) is 0 Å². The van der Waals surface area contributed by atoms with Gasteiger partial charge in [0.15, 0.2) is 0 Å². The predicted molar refractivity (Wildman–Crippen MR) is 466 cm³/mol. The summed E-state index contributed by atoms with van der Waals surface area (Å²) in [7, 11) is 0. The molecule has 0 radical (unpaired) electrons. The highest BCUT2D eigenvalue weighted by molar-refractivity contribution is 9.10. The van der Waals surface area contributed by atoms with Crippen LogP contribution in [0.15, 0.2) is 312 Å². The van der Waals surface area contributed by atoms with E-state index in [9.17, 15) is 0 Å². The maximum atomic E-state index is 3.99. The lowest BCUT2D eigenvalue weighted by molar-refractivity contribution is 0.396. The Labute approximate surface area is 654 Å². The van der Waals surface area contributed by atoms with Crippen molar-refractivity contribution in [1.29, 1.82) is 0 Å². The number of aromatic nitrogens is 4. The Morgan fingerprint density at radius 3 is 0.908 bits per heavy atom. The fraction of sp³-hybridized carbons (Fsp3) is 0.184. The molecule has 0 amide bonds. The Hall–Kier alpha value is -10.8. The van der Waals surface area contributed by atoms with Crippen molar-refractivity contribution >= 4 is 119 Å². The molecule has 0 saturated heterocycles. The van der Waals surface area contributed by atoms with E-state index in [0.717, 1.165) is 25.9 Å². The summed E-state index contributed by atoms with van der Waals surface area (Å²) in [6, 6.07) is 115. The summed E-state index contributed by atoms with van der Waals surface area (Å²) in [6.45, 7) is 1.98. The topological polar surface area (TPSA) is 19.7 Å². The van der Waals surface area contributed by atoms with Crippen LogP contribution in [0.3, 0.4) is 0 Å². The van der Waals surface area contributed by atoms with Gasteiger partial charge in [0.2, 0.25) is 0 Å². The second-order valence-electron chi connectivity index (χ2n) is 31.4. The average molecular weight is 1540 g/mol. The normalized spacial score (nSPS) is 13.6. The summed E-state index contributed by atoms with van der Waals surface area (Å²) in [5, 5.41) is 10.5. The number of para-hydroxylation sites is 4. The van der Waals surface area contributed by atoms with Crippen LogP contribution in [-0.2, 0) is 18.5 Å². The molecule has 0 atom stereocenters. The molecule has 0 bridgehead atoms. The number of rotatable bonds is 22. The van der Waals surface area contributed by atoms with E-state index in [1.807, 2.05) is 0 Å². The van der Waals surface area contributed by atoms with Gasteiger partial charge < -0.3 is 18.3 Å². The first kappa shape index (κ1) is 66.4. The lowest BCUT2D eigenvalue weighted by Crippen LogP contribution is -2.25. The van der Waals surface area contributed by atoms with E-state index in [1.165, 1.54) is 262 Å². The van der Waals surface area contributed by atoms with Gasteiger partial charge in [0, 0.05) is 116 Å². The predicted octanol–water partition coefficient (Wildman–Crippen LogP) is 29.1. The number of halogens is 2. The van der Waals surface area contributed by atoms with Crippen LogP contribution in [0.4, 0.5) is 0 Å². The first-order valence-corrected chi connectivity index (χ1v) is 41.6. The number of unbranched alkanes of at least 4 members (excludes halogenated alkanes) is 10. The molecule has 6 heteroatoms. The van der Waals surface area contributed by atoms with Crippen molar-refractivity contribution in [2.75, 3.05) is 0 Å². The van der Waals surface area contributed by atoms with Crippen molar-refractivity contribution in [2.24, 2.45) is 0 Å². The minimum absolute atomic E-state index is 0.0249. The summed E-state index contributed by atoms with van der Waals surface area (Å²) < 4.78 is 12.6. The summed E-state index contributed by atoms with van der Waals surface area (Å²) in [5.74, 6) is 0.377. The molecule has 4 heterocycles. The molecule has 18 aromatic rings. The molecule has 0 saturated carbocycles. The zero-order valence-corrected chi connectivity index (χ0v) is 64.6. The molecule has 14 aromatic carbocycles. The average Bonchev–Trinajstić information content (AvgIpc) is 1.58. The van der Waals surface area contributed by atoms with Crippen LogP contribution in [0, 0.1) is 0 Å². The molecule has 109 heavy (non-hydrogen) atoms. The fourth-order valence-electron chi connectivity index (χ4n) is 20.7. The largest absolute Gasteiger partial charge is 0.340 e. The summed E-state index contributed by atoms with van der Waals surface area (Å²) in [5.41, 5.74) is 32.3. The molecule has 0 unspecified atom stereocenters. The number of fused-ring (bicyclic) bond motifs is 21. The Morgan fingerprint density at radius 2 is 0.541 bits per heavy atom. The molecular weight excluding hydrogens is 1450 g/mol. The third kappa shape index (κ3) is 11.0. The molecule has 0 aliphatic heterocycles. The second kappa shape index (κ2) is 27.4. The zero-order valence-electron chi connectivity index (χ0n) is 61.4. The van der Waals surface area contributed by atoms with Crippen LogP contribution in [0.25, 0.3) is 132 Å². The first-order chi connectivity index (χ1) is 53.9. The standard InChI is InChI=1S/C103H84Br2N4/c104-69-47-51-77-78-52-48-70(105)64-92(78)103(91(77)63-69,57-25-5-1-3-7-27-59-106-93-53-45-67(101-83-37-13-9-29-73(83)74-30-10-14-38-84(74)101)61-87(93)89-65-71(49-55-95(89)106)108-97-41-21-17-33-79(97)80-34-18-22-42-98(80)108)58-26-6-2-4-8-28-60-107-94-54-46-68(102-85-39-15-11-31-75(85)76-32-12-16-40-86(76)102)62-88(94)90-66-72(50-56-96(90)107)109-99-43-23-19-35-81(99)82-36-20-24-44-100(82)109/h9-24,29-56,61-66,101-102H,1-8,25-28,57-60H2. The number of hydrogen-bond donors (Lipinski definition) is 0. The van der Waals surface area contributed by atoms with Gasteiger partial charge in [0.05, 0.1) is 22.1 Å². The van der Waals surface area contributed by atoms with Crippen molar-refractivity contribution < 1.29 is 0 Å². The van der Waals surface area contributed by atoms with Gasteiger partial charge in [-0.2, -0.15) is 0 Å². The highest BCUT2D eigenvalue weighted by Gasteiger charge is 2.43. The Balaban J connectivity index is 0.506. The lowest BCUT2D eigenvalue weighted by Gasteiger charge is -2.33. The third-order valence-corrected chi connectivity index (χ3v) is 26.5. The van der Waals surface area contributed by atoms with Gasteiger partial charge in [0.25, 0.3) is 0 Å². The van der Waals surface area contributed by atoms with Gasteiger partial charge in [-0.3, -0.25) is 0 Å². The van der Waals surface area contributed by atoms with Gasteiger partial charge in [-0.15, -0.1) is 0 Å². The smallest absolute Gasteiger partial charge is 0.0541 e. The highest BCUT2D eigenvalue weighted by Crippen LogP contribution is 2.57.